The van der Waals surface area contributed by atoms with Crippen molar-refractivity contribution in [3.05, 3.63) is 30.1 Å². The molecule has 2 saturated heterocycles. The smallest absolute Gasteiger partial charge is 0.177 e. The van der Waals surface area contributed by atoms with Crippen molar-refractivity contribution in [2.24, 2.45) is 0 Å². The molecule has 0 radical (unpaired) electrons. The summed E-state index contributed by atoms with van der Waals surface area (Å²) in [5.74, 6) is 8.21. The van der Waals surface area contributed by atoms with Crippen LogP contribution in [0.2, 0.25) is 0 Å². The fourth-order valence-electron chi connectivity index (χ4n) is 3.67. The molecule has 9 nitrogen and oxygen atoms in total. The van der Waals surface area contributed by atoms with Crippen molar-refractivity contribution < 1.29 is 9.47 Å². The lowest BCUT2D eigenvalue weighted by Gasteiger charge is -2.34. The molecule has 2 fully saturated rings. The van der Waals surface area contributed by atoms with Gasteiger partial charge < -0.3 is 14.4 Å². The van der Waals surface area contributed by atoms with E-state index in [1.807, 2.05) is 6.07 Å². The summed E-state index contributed by atoms with van der Waals surface area (Å²) in [7, 11) is 0. The Morgan fingerprint density at radius 3 is 2.93 bits per heavy atom. The Morgan fingerprint density at radius 1 is 1.21 bits per heavy atom. The number of rotatable bonds is 2. The van der Waals surface area contributed by atoms with Gasteiger partial charge in [-0.05, 0) is 13.0 Å². The third-order valence-corrected chi connectivity index (χ3v) is 5.20. The molecular formula is C20H23N7O2. The molecule has 2 atom stereocenters. The van der Waals surface area contributed by atoms with Crippen molar-refractivity contribution in [2.75, 3.05) is 44.4 Å². The predicted octanol–water partition coefficient (Wildman–Crippen LogP) is 0.709. The molecule has 5 heterocycles. The van der Waals surface area contributed by atoms with Gasteiger partial charge >= 0.3 is 0 Å². The Labute approximate surface area is 168 Å². The van der Waals surface area contributed by atoms with Crippen molar-refractivity contribution in [1.29, 1.82) is 0 Å². The van der Waals surface area contributed by atoms with Crippen molar-refractivity contribution in [2.45, 2.75) is 19.0 Å². The standard InChI is InChI=1S/C20H23N7O2/c1-14-12-29-9-7-26(14)19-10-15(2-3-16-13-28-8-6-21-16)17-11-23-27(20(17)24-19)18-4-5-22-25-18/h4-5,10-11,14,16,21H,6-9,12-13H2,1H3,(H,22,25)/t14-,16?/m1/s1. The first kappa shape index (κ1) is 18.1. The van der Waals surface area contributed by atoms with E-state index in [9.17, 15) is 0 Å². The Kier molecular flexibility index (Phi) is 4.89. The van der Waals surface area contributed by atoms with Gasteiger partial charge in [-0.1, -0.05) is 11.8 Å². The quantitative estimate of drug-likeness (QED) is 0.620. The summed E-state index contributed by atoms with van der Waals surface area (Å²) in [5, 5.41) is 15.9. The van der Waals surface area contributed by atoms with Crippen LogP contribution in [-0.4, -0.2) is 76.6 Å². The Morgan fingerprint density at radius 2 is 2.14 bits per heavy atom. The van der Waals surface area contributed by atoms with Crippen LogP contribution in [0.4, 0.5) is 5.82 Å². The summed E-state index contributed by atoms with van der Waals surface area (Å²) < 4.78 is 12.9. The van der Waals surface area contributed by atoms with Crippen LogP contribution in [0.5, 0.6) is 0 Å². The van der Waals surface area contributed by atoms with Gasteiger partial charge in [-0.25, -0.2) is 4.98 Å². The molecule has 0 aromatic carbocycles. The molecule has 0 aliphatic carbocycles. The zero-order valence-corrected chi connectivity index (χ0v) is 16.3. The first-order valence-corrected chi connectivity index (χ1v) is 9.85. The van der Waals surface area contributed by atoms with E-state index in [0.29, 0.717) is 25.6 Å². The van der Waals surface area contributed by atoms with E-state index < -0.39 is 0 Å². The predicted molar refractivity (Wildman–Crippen MR) is 108 cm³/mol. The fourth-order valence-corrected chi connectivity index (χ4v) is 3.67. The molecule has 0 amide bonds. The van der Waals surface area contributed by atoms with E-state index in [-0.39, 0.29) is 12.1 Å². The normalized spacial score (nSPS) is 22.4. The second-order valence-corrected chi connectivity index (χ2v) is 7.22. The average molecular weight is 393 g/mol. The van der Waals surface area contributed by atoms with Crippen LogP contribution in [0.25, 0.3) is 16.9 Å². The minimum atomic E-state index is 0.0270. The maximum absolute atomic E-state index is 5.59. The summed E-state index contributed by atoms with van der Waals surface area (Å²) >= 11 is 0. The third-order valence-electron chi connectivity index (χ3n) is 5.20. The zero-order valence-electron chi connectivity index (χ0n) is 16.3. The van der Waals surface area contributed by atoms with Gasteiger partial charge in [0.15, 0.2) is 11.5 Å². The Balaban J connectivity index is 1.61. The minimum Gasteiger partial charge on any atom is -0.377 e. The number of anilines is 1. The molecule has 29 heavy (non-hydrogen) atoms. The highest BCUT2D eigenvalue weighted by molar-refractivity contribution is 5.85. The van der Waals surface area contributed by atoms with Gasteiger partial charge in [0.2, 0.25) is 0 Å². The largest absolute Gasteiger partial charge is 0.377 e. The summed E-state index contributed by atoms with van der Waals surface area (Å²) in [5.41, 5.74) is 1.64. The number of nitrogens with zero attached hydrogens (tertiary/aromatic N) is 5. The molecule has 2 aliphatic rings. The van der Waals surface area contributed by atoms with Crippen LogP contribution in [-0.2, 0) is 9.47 Å². The maximum atomic E-state index is 5.59. The van der Waals surface area contributed by atoms with Crippen LogP contribution in [0.3, 0.4) is 0 Å². The number of morpholine rings is 2. The maximum Gasteiger partial charge on any atom is 0.177 e. The molecule has 5 rings (SSSR count). The first-order valence-electron chi connectivity index (χ1n) is 9.85. The first-order chi connectivity index (χ1) is 14.3. The van der Waals surface area contributed by atoms with Crippen LogP contribution in [0.1, 0.15) is 12.5 Å². The highest BCUT2D eigenvalue weighted by Crippen LogP contribution is 2.26. The summed E-state index contributed by atoms with van der Waals surface area (Å²) in [6.45, 7) is 6.45. The molecule has 0 saturated carbocycles. The lowest BCUT2D eigenvalue weighted by molar-refractivity contribution is 0.0925. The van der Waals surface area contributed by atoms with Crippen molar-refractivity contribution in [3.8, 4) is 17.7 Å². The molecule has 150 valence electrons. The van der Waals surface area contributed by atoms with Gasteiger partial charge in [0.1, 0.15) is 5.82 Å². The molecule has 0 spiro atoms. The Hall–Kier alpha value is -2.93. The van der Waals surface area contributed by atoms with Crippen LogP contribution < -0.4 is 10.2 Å². The molecule has 2 N–H and O–H groups in total. The molecule has 3 aromatic rings. The van der Waals surface area contributed by atoms with Crippen LogP contribution in [0.15, 0.2) is 24.5 Å². The number of nitrogens with one attached hydrogen (secondary N) is 2. The summed E-state index contributed by atoms with van der Waals surface area (Å²) in [4.78, 5) is 7.19. The van der Waals surface area contributed by atoms with E-state index >= 15 is 0 Å². The van der Waals surface area contributed by atoms with Crippen molar-refractivity contribution in [1.82, 2.24) is 30.3 Å². The second kappa shape index (κ2) is 7.83. The fraction of sp³-hybridized carbons (Fsp3) is 0.450. The van der Waals surface area contributed by atoms with Gasteiger partial charge in [-0.3, -0.25) is 10.4 Å². The number of H-pyrrole nitrogens is 1. The highest BCUT2D eigenvalue weighted by atomic mass is 16.5. The van der Waals surface area contributed by atoms with Gasteiger partial charge in [-0.2, -0.15) is 14.9 Å². The zero-order chi connectivity index (χ0) is 19.6. The monoisotopic (exact) mass is 393 g/mol. The SMILES string of the molecule is C[C@@H]1COCCN1c1cc(C#CC2COCCN2)c2cnn(-c3cc[nH]n3)c2n1. The second-order valence-electron chi connectivity index (χ2n) is 7.22. The molecule has 2 aliphatic heterocycles. The van der Waals surface area contributed by atoms with Gasteiger partial charge in [-0.15, -0.1) is 0 Å². The minimum absolute atomic E-state index is 0.0270. The number of fused-ring (bicyclic) bond motifs is 1. The molecule has 9 heteroatoms. The molecule has 0 bridgehead atoms. The van der Waals surface area contributed by atoms with E-state index in [4.69, 9.17) is 14.5 Å². The van der Waals surface area contributed by atoms with Crippen molar-refractivity contribution >= 4 is 16.9 Å². The number of aromatic amines is 1. The van der Waals surface area contributed by atoms with Gasteiger partial charge in [0.25, 0.3) is 0 Å². The van der Waals surface area contributed by atoms with Gasteiger partial charge in [0.05, 0.1) is 50.1 Å². The van der Waals surface area contributed by atoms with E-state index in [1.165, 1.54) is 0 Å². The number of aromatic nitrogens is 5. The molecule has 3 aromatic heterocycles. The van der Waals surface area contributed by atoms with E-state index in [1.54, 1.807) is 17.1 Å². The van der Waals surface area contributed by atoms with E-state index in [2.05, 4.69) is 50.3 Å². The van der Waals surface area contributed by atoms with E-state index in [0.717, 1.165) is 42.1 Å². The number of pyridine rings is 1. The number of hydrogen-bond donors (Lipinski definition) is 2. The summed E-state index contributed by atoms with van der Waals surface area (Å²) in [6.07, 6.45) is 3.57. The molecular weight excluding hydrogens is 370 g/mol. The topological polar surface area (TPSA) is 93.1 Å². The van der Waals surface area contributed by atoms with Crippen LogP contribution >= 0.6 is 0 Å². The molecule has 1 unspecified atom stereocenters. The third kappa shape index (κ3) is 3.58. The van der Waals surface area contributed by atoms with Crippen LogP contribution in [0, 0.1) is 11.8 Å². The highest BCUT2D eigenvalue weighted by Gasteiger charge is 2.23. The van der Waals surface area contributed by atoms with Crippen molar-refractivity contribution in [3.63, 3.8) is 0 Å². The number of ether oxygens (including phenoxy) is 2. The lowest BCUT2D eigenvalue weighted by Crippen LogP contribution is -2.44. The average Bonchev–Trinajstić information content (AvgIpc) is 3.42. The summed E-state index contributed by atoms with van der Waals surface area (Å²) in [6, 6.07) is 4.19. The Bertz CT molecular complexity index is 1040. The number of hydrogen-bond acceptors (Lipinski definition) is 7. The van der Waals surface area contributed by atoms with Gasteiger partial charge in [0, 0.05) is 30.9 Å². The lowest BCUT2D eigenvalue weighted by atomic mass is 10.1.